The molecule has 2 aromatic rings. The maximum atomic E-state index is 10.9. The van der Waals surface area contributed by atoms with Crippen LogP contribution in [0.4, 0.5) is 11.4 Å². The summed E-state index contributed by atoms with van der Waals surface area (Å²) in [4.78, 5) is 10.6. The molecule has 0 aliphatic rings. The minimum Gasteiger partial charge on any atom is -0.378 e. The highest BCUT2D eigenvalue weighted by atomic mass is 16.6. The second-order valence-electron chi connectivity index (χ2n) is 5.21. The number of hydrogen-bond acceptors (Lipinski definition) is 3. The first-order valence-corrected chi connectivity index (χ1v) is 7.17. The molecule has 0 saturated heterocycles. The van der Waals surface area contributed by atoms with E-state index in [2.05, 4.69) is 18.3 Å². The zero-order valence-electron chi connectivity index (χ0n) is 12.4. The highest BCUT2D eigenvalue weighted by molar-refractivity contribution is 5.48. The van der Waals surface area contributed by atoms with Gasteiger partial charge in [0.15, 0.2) is 0 Å². The Hall–Kier alpha value is -2.36. The topological polar surface area (TPSA) is 55.2 Å². The van der Waals surface area contributed by atoms with Crippen LogP contribution in [0.5, 0.6) is 0 Å². The van der Waals surface area contributed by atoms with Crippen LogP contribution in [-0.4, -0.2) is 4.92 Å². The van der Waals surface area contributed by atoms with E-state index in [9.17, 15) is 10.1 Å². The van der Waals surface area contributed by atoms with E-state index in [0.29, 0.717) is 0 Å². The Balaban J connectivity index is 2.26. The molecule has 0 aliphatic heterocycles. The van der Waals surface area contributed by atoms with Crippen LogP contribution < -0.4 is 5.32 Å². The van der Waals surface area contributed by atoms with Crippen LogP contribution in [0.1, 0.15) is 36.9 Å². The van der Waals surface area contributed by atoms with Crippen molar-refractivity contribution in [3.8, 4) is 0 Å². The molecule has 2 aromatic carbocycles. The number of nitro groups is 1. The summed E-state index contributed by atoms with van der Waals surface area (Å²) in [5.41, 5.74) is 3.32. The predicted octanol–water partition coefficient (Wildman–Crippen LogP) is 4.86. The van der Waals surface area contributed by atoms with Crippen molar-refractivity contribution in [2.24, 2.45) is 0 Å². The summed E-state index contributed by atoms with van der Waals surface area (Å²) < 4.78 is 0. The molecule has 0 spiro atoms. The molecule has 1 N–H and O–H groups in total. The number of nitro benzene ring substituents is 1. The molecule has 0 bridgehead atoms. The molecule has 2 rings (SSSR count). The van der Waals surface area contributed by atoms with E-state index in [4.69, 9.17) is 0 Å². The van der Waals surface area contributed by atoms with Gasteiger partial charge in [0.25, 0.3) is 5.69 Å². The van der Waals surface area contributed by atoms with Crippen molar-refractivity contribution in [2.75, 3.05) is 5.32 Å². The fraction of sp³-hybridized carbons (Fsp3) is 0.294. The average molecular weight is 284 g/mol. The zero-order valence-corrected chi connectivity index (χ0v) is 12.4. The molecule has 4 heteroatoms. The van der Waals surface area contributed by atoms with Gasteiger partial charge < -0.3 is 5.32 Å². The average Bonchev–Trinajstić information content (AvgIpc) is 2.47. The fourth-order valence-electron chi connectivity index (χ4n) is 2.40. The van der Waals surface area contributed by atoms with Crippen molar-refractivity contribution in [1.82, 2.24) is 0 Å². The third kappa shape index (κ3) is 4.05. The van der Waals surface area contributed by atoms with Gasteiger partial charge in [-0.1, -0.05) is 37.6 Å². The zero-order chi connectivity index (χ0) is 15.2. The first-order valence-electron chi connectivity index (χ1n) is 7.17. The number of non-ortho nitro benzene ring substituents is 1. The lowest BCUT2D eigenvalue weighted by Crippen LogP contribution is -2.11. The molecule has 4 nitrogen and oxygen atoms in total. The number of nitrogens with one attached hydrogen (secondary N) is 1. The van der Waals surface area contributed by atoms with Gasteiger partial charge in [0.05, 0.1) is 11.0 Å². The van der Waals surface area contributed by atoms with Crippen molar-refractivity contribution in [3.05, 3.63) is 69.8 Å². The third-order valence-electron chi connectivity index (χ3n) is 3.42. The summed E-state index contributed by atoms with van der Waals surface area (Å²) in [6, 6.07) is 15.1. The fourth-order valence-corrected chi connectivity index (χ4v) is 2.40. The smallest absolute Gasteiger partial charge is 0.269 e. The summed E-state index contributed by atoms with van der Waals surface area (Å²) in [7, 11) is 0. The Morgan fingerprint density at radius 2 is 1.95 bits per heavy atom. The Kier molecular flexibility index (Phi) is 4.93. The molecule has 0 amide bonds. The van der Waals surface area contributed by atoms with Crippen LogP contribution in [0.2, 0.25) is 0 Å². The number of benzene rings is 2. The van der Waals surface area contributed by atoms with E-state index in [1.54, 1.807) is 12.1 Å². The van der Waals surface area contributed by atoms with Crippen LogP contribution >= 0.6 is 0 Å². The Morgan fingerprint density at radius 1 is 1.19 bits per heavy atom. The molecule has 0 aromatic heterocycles. The number of hydrogen-bond donors (Lipinski definition) is 1. The lowest BCUT2D eigenvalue weighted by atomic mass is 10.0. The van der Waals surface area contributed by atoms with Gasteiger partial charge in [-0.25, -0.2) is 0 Å². The minimum absolute atomic E-state index is 0.0803. The van der Waals surface area contributed by atoms with E-state index in [1.165, 1.54) is 11.6 Å². The maximum Gasteiger partial charge on any atom is 0.269 e. The van der Waals surface area contributed by atoms with E-state index in [0.717, 1.165) is 24.1 Å². The summed E-state index contributed by atoms with van der Waals surface area (Å²) in [6.07, 6.45) is 1.93. The SMILES string of the molecule is CCCC(Nc1cccc(C)c1)c1cccc([N+](=O)[O-])c1. The lowest BCUT2D eigenvalue weighted by Gasteiger charge is -2.20. The first kappa shape index (κ1) is 15.0. The van der Waals surface area contributed by atoms with Gasteiger partial charge in [-0.05, 0) is 36.6 Å². The Labute approximate surface area is 125 Å². The normalized spacial score (nSPS) is 11.9. The second-order valence-corrected chi connectivity index (χ2v) is 5.21. The van der Waals surface area contributed by atoms with E-state index >= 15 is 0 Å². The molecule has 0 saturated carbocycles. The van der Waals surface area contributed by atoms with Crippen LogP contribution in [-0.2, 0) is 0 Å². The molecule has 0 fully saturated rings. The number of nitrogens with zero attached hydrogens (tertiary/aromatic N) is 1. The molecule has 0 radical (unpaired) electrons. The Bertz CT molecular complexity index is 626. The van der Waals surface area contributed by atoms with Crippen molar-refractivity contribution in [3.63, 3.8) is 0 Å². The summed E-state index contributed by atoms with van der Waals surface area (Å²) in [6.45, 7) is 4.16. The highest BCUT2D eigenvalue weighted by Gasteiger charge is 2.14. The molecule has 0 heterocycles. The van der Waals surface area contributed by atoms with E-state index < -0.39 is 0 Å². The van der Waals surface area contributed by atoms with Crippen molar-refractivity contribution < 1.29 is 4.92 Å². The first-order chi connectivity index (χ1) is 10.1. The van der Waals surface area contributed by atoms with Gasteiger partial charge in [-0.2, -0.15) is 0 Å². The monoisotopic (exact) mass is 284 g/mol. The minimum atomic E-state index is -0.348. The van der Waals surface area contributed by atoms with E-state index in [-0.39, 0.29) is 16.7 Å². The van der Waals surface area contributed by atoms with Crippen molar-refractivity contribution >= 4 is 11.4 Å². The molecular formula is C17H20N2O2. The molecule has 110 valence electrons. The lowest BCUT2D eigenvalue weighted by molar-refractivity contribution is -0.384. The van der Waals surface area contributed by atoms with Gasteiger partial charge in [-0.15, -0.1) is 0 Å². The molecule has 0 aliphatic carbocycles. The van der Waals surface area contributed by atoms with Gasteiger partial charge in [-0.3, -0.25) is 10.1 Å². The van der Waals surface area contributed by atoms with Gasteiger partial charge in [0.1, 0.15) is 0 Å². The Morgan fingerprint density at radius 3 is 2.62 bits per heavy atom. The van der Waals surface area contributed by atoms with E-state index in [1.807, 2.05) is 31.2 Å². The van der Waals surface area contributed by atoms with Crippen LogP contribution in [0, 0.1) is 17.0 Å². The van der Waals surface area contributed by atoms with Gasteiger partial charge in [0, 0.05) is 17.8 Å². The second kappa shape index (κ2) is 6.88. The third-order valence-corrected chi connectivity index (χ3v) is 3.42. The summed E-state index contributed by atoms with van der Waals surface area (Å²) in [5.74, 6) is 0. The largest absolute Gasteiger partial charge is 0.378 e. The van der Waals surface area contributed by atoms with Gasteiger partial charge >= 0.3 is 0 Å². The summed E-state index contributed by atoms with van der Waals surface area (Å²) in [5, 5.41) is 14.4. The number of rotatable bonds is 6. The molecule has 21 heavy (non-hydrogen) atoms. The predicted molar refractivity (Wildman–Crippen MR) is 85.5 cm³/mol. The highest BCUT2D eigenvalue weighted by Crippen LogP contribution is 2.27. The molecule has 1 unspecified atom stereocenters. The number of anilines is 1. The van der Waals surface area contributed by atoms with Crippen LogP contribution in [0.3, 0.4) is 0 Å². The maximum absolute atomic E-state index is 10.9. The van der Waals surface area contributed by atoms with Crippen LogP contribution in [0.25, 0.3) is 0 Å². The van der Waals surface area contributed by atoms with Crippen LogP contribution in [0.15, 0.2) is 48.5 Å². The number of aryl methyl sites for hydroxylation is 1. The molecular weight excluding hydrogens is 264 g/mol. The van der Waals surface area contributed by atoms with Crippen molar-refractivity contribution in [1.29, 1.82) is 0 Å². The van der Waals surface area contributed by atoms with Gasteiger partial charge in [0.2, 0.25) is 0 Å². The quantitative estimate of drug-likeness (QED) is 0.609. The van der Waals surface area contributed by atoms with Crippen molar-refractivity contribution in [2.45, 2.75) is 32.7 Å². The summed E-state index contributed by atoms with van der Waals surface area (Å²) >= 11 is 0. The standard InChI is InChI=1S/C17H20N2O2/c1-3-6-17(18-15-9-4-7-13(2)11-15)14-8-5-10-16(12-14)19(20)21/h4-5,7-12,17-18H,3,6H2,1-2H3. The molecule has 1 atom stereocenters.